The zero-order valence-corrected chi connectivity index (χ0v) is 9.45. The van der Waals surface area contributed by atoms with Crippen LogP contribution in [0.4, 0.5) is 0 Å². The first-order chi connectivity index (χ1) is 5.98. The van der Waals surface area contributed by atoms with Gasteiger partial charge in [-0.25, -0.2) is 13.1 Å². The molecule has 0 aliphatic rings. The van der Waals surface area contributed by atoms with Gasteiger partial charge in [-0.2, -0.15) is 0 Å². The van der Waals surface area contributed by atoms with E-state index in [0.29, 0.717) is 19.0 Å². The van der Waals surface area contributed by atoms with Crippen LogP contribution in [0, 0.1) is 0 Å². The molecule has 2 N–H and O–H groups in total. The Morgan fingerprint density at radius 2 is 1.92 bits per heavy atom. The van der Waals surface area contributed by atoms with Crippen molar-refractivity contribution in [2.75, 3.05) is 18.8 Å². The lowest BCUT2D eigenvalue weighted by molar-refractivity contribution is 0.562. The van der Waals surface area contributed by atoms with Crippen LogP contribution in [0.15, 0.2) is 0 Å². The molecular weight excluding hydrogens is 188 g/mol. The molecule has 80 valence electrons. The lowest BCUT2D eigenvalue weighted by Gasteiger charge is -2.08. The molecule has 4 nitrogen and oxygen atoms in total. The summed E-state index contributed by atoms with van der Waals surface area (Å²) in [5, 5.41) is 3.17. The third kappa shape index (κ3) is 8.21. The van der Waals surface area contributed by atoms with Gasteiger partial charge < -0.3 is 5.32 Å². The van der Waals surface area contributed by atoms with Gasteiger partial charge in [-0.3, -0.25) is 0 Å². The minimum atomic E-state index is -3.02. The van der Waals surface area contributed by atoms with Crippen LogP contribution in [0.1, 0.15) is 27.2 Å². The summed E-state index contributed by atoms with van der Waals surface area (Å²) < 4.78 is 24.7. The second kappa shape index (κ2) is 6.34. The van der Waals surface area contributed by atoms with Gasteiger partial charge in [-0.1, -0.05) is 20.8 Å². The molecule has 0 aromatic rings. The van der Waals surface area contributed by atoms with E-state index in [1.54, 1.807) is 6.92 Å². The summed E-state index contributed by atoms with van der Waals surface area (Å²) in [6.45, 7) is 7.09. The molecule has 0 radical (unpaired) electrons. The minimum Gasteiger partial charge on any atom is -0.314 e. The van der Waals surface area contributed by atoms with Crippen LogP contribution in [0.3, 0.4) is 0 Å². The van der Waals surface area contributed by atoms with Crippen LogP contribution >= 0.6 is 0 Å². The summed E-state index contributed by atoms with van der Waals surface area (Å²) in [5.41, 5.74) is 0. The van der Waals surface area contributed by atoms with E-state index in [0.717, 1.165) is 6.54 Å². The summed E-state index contributed by atoms with van der Waals surface area (Å²) in [6, 6.07) is 0.418. The molecule has 0 rings (SSSR count). The van der Waals surface area contributed by atoms with E-state index in [-0.39, 0.29) is 5.75 Å². The maximum atomic E-state index is 11.1. The van der Waals surface area contributed by atoms with Crippen LogP contribution in [-0.2, 0) is 10.0 Å². The molecule has 0 aromatic carbocycles. The molecule has 0 atom stereocenters. The van der Waals surface area contributed by atoms with Gasteiger partial charge in [0, 0.05) is 12.6 Å². The van der Waals surface area contributed by atoms with Crippen molar-refractivity contribution in [2.45, 2.75) is 33.2 Å². The Bertz CT molecular complexity index is 212. The third-order valence-corrected chi connectivity index (χ3v) is 3.06. The Kier molecular flexibility index (Phi) is 6.28. The van der Waals surface area contributed by atoms with Crippen molar-refractivity contribution in [3.8, 4) is 0 Å². The summed E-state index contributed by atoms with van der Waals surface area (Å²) in [7, 11) is -3.02. The van der Waals surface area contributed by atoms with Gasteiger partial charge in [-0.05, 0) is 13.0 Å². The van der Waals surface area contributed by atoms with Crippen LogP contribution < -0.4 is 10.0 Å². The molecule has 0 saturated carbocycles. The van der Waals surface area contributed by atoms with Gasteiger partial charge in [0.25, 0.3) is 0 Å². The van der Waals surface area contributed by atoms with E-state index < -0.39 is 10.0 Å². The molecule has 13 heavy (non-hydrogen) atoms. The molecule has 0 aliphatic carbocycles. The van der Waals surface area contributed by atoms with Crippen molar-refractivity contribution in [2.24, 2.45) is 0 Å². The lowest BCUT2D eigenvalue weighted by Crippen LogP contribution is -2.29. The standard InChI is InChI=1S/C8H20N2O2S/c1-4-10-13(11,12)7-5-6-9-8(2)3/h8-10H,4-7H2,1-3H3. The Morgan fingerprint density at radius 1 is 1.31 bits per heavy atom. The number of nitrogens with one attached hydrogen (secondary N) is 2. The van der Waals surface area contributed by atoms with Crippen molar-refractivity contribution < 1.29 is 8.42 Å². The lowest BCUT2D eigenvalue weighted by atomic mass is 10.4. The van der Waals surface area contributed by atoms with Crippen molar-refractivity contribution in [3.63, 3.8) is 0 Å². The summed E-state index contributed by atoms with van der Waals surface area (Å²) in [6.07, 6.45) is 0.660. The van der Waals surface area contributed by atoms with Crippen molar-refractivity contribution >= 4 is 10.0 Å². The van der Waals surface area contributed by atoms with Gasteiger partial charge in [0.05, 0.1) is 5.75 Å². The smallest absolute Gasteiger partial charge is 0.211 e. The molecule has 0 aliphatic heterocycles. The van der Waals surface area contributed by atoms with Gasteiger partial charge >= 0.3 is 0 Å². The van der Waals surface area contributed by atoms with Gasteiger partial charge in [0.1, 0.15) is 0 Å². The fourth-order valence-electron chi connectivity index (χ4n) is 0.945. The minimum absolute atomic E-state index is 0.209. The van der Waals surface area contributed by atoms with Crippen LogP contribution in [0.2, 0.25) is 0 Å². The van der Waals surface area contributed by atoms with Crippen LogP contribution in [-0.4, -0.2) is 33.3 Å². The second-order valence-corrected chi connectivity index (χ2v) is 5.21. The summed E-state index contributed by atoms with van der Waals surface area (Å²) >= 11 is 0. The van der Waals surface area contributed by atoms with Gasteiger partial charge in [-0.15, -0.1) is 0 Å². The first kappa shape index (κ1) is 12.9. The zero-order valence-electron chi connectivity index (χ0n) is 8.63. The first-order valence-corrected chi connectivity index (χ1v) is 6.34. The highest BCUT2D eigenvalue weighted by molar-refractivity contribution is 7.89. The molecule has 0 unspecified atom stereocenters. The molecule has 0 fully saturated rings. The van der Waals surface area contributed by atoms with Gasteiger partial charge in [0.15, 0.2) is 0 Å². The highest BCUT2D eigenvalue weighted by Gasteiger charge is 2.06. The SMILES string of the molecule is CCNS(=O)(=O)CCCNC(C)C. The van der Waals surface area contributed by atoms with Crippen molar-refractivity contribution in [1.82, 2.24) is 10.0 Å². The number of sulfonamides is 1. The van der Waals surface area contributed by atoms with E-state index in [2.05, 4.69) is 10.0 Å². The molecule has 0 saturated heterocycles. The maximum absolute atomic E-state index is 11.1. The van der Waals surface area contributed by atoms with Gasteiger partial charge in [0.2, 0.25) is 10.0 Å². The fraction of sp³-hybridized carbons (Fsp3) is 1.00. The first-order valence-electron chi connectivity index (χ1n) is 4.68. The molecule has 0 amide bonds. The molecule has 0 aromatic heterocycles. The second-order valence-electron chi connectivity index (χ2n) is 3.28. The normalized spacial score (nSPS) is 12.3. The Balaban J connectivity index is 3.53. The Morgan fingerprint density at radius 3 is 2.38 bits per heavy atom. The quantitative estimate of drug-likeness (QED) is 0.592. The monoisotopic (exact) mass is 208 g/mol. The predicted molar refractivity (Wildman–Crippen MR) is 55.2 cm³/mol. The number of rotatable bonds is 7. The molecular formula is C8H20N2O2S. The average Bonchev–Trinajstić information content (AvgIpc) is 1.98. The Hall–Kier alpha value is -0.130. The van der Waals surface area contributed by atoms with E-state index >= 15 is 0 Å². The number of hydrogen-bond donors (Lipinski definition) is 2. The van der Waals surface area contributed by atoms with E-state index in [1.165, 1.54) is 0 Å². The predicted octanol–water partition coefficient (Wildman–Crippen LogP) is 0.314. The van der Waals surface area contributed by atoms with Crippen molar-refractivity contribution in [3.05, 3.63) is 0 Å². The van der Waals surface area contributed by atoms with E-state index in [4.69, 9.17) is 0 Å². The largest absolute Gasteiger partial charge is 0.314 e. The number of hydrogen-bond acceptors (Lipinski definition) is 3. The topological polar surface area (TPSA) is 58.2 Å². The summed E-state index contributed by atoms with van der Waals surface area (Å²) in [5.74, 6) is 0.209. The molecule has 0 spiro atoms. The fourth-order valence-corrected chi connectivity index (χ4v) is 2.05. The maximum Gasteiger partial charge on any atom is 0.211 e. The third-order valence-electron chi connectivity index (χ3n) is 1.51. The molecule has 0 bridgehead atoms. The molecule has 5 heteroatoms. The van der Waals surface area contributed by atoms with Crippen molar-refractivity contribution in [1.29, 1.82) is 0 Å². The highest BCUT2D eigenvalue weighted by Crippen LogP contribution is 1.88. The van der Waals surface area contributed by atoms with Crippen LogP contribution in [0.5, 0.6) is 0 Å². The average molecular weight is 208 g/mol. The van der Waals surface area contributed by atoms with Crippen LogP contribution in [0.25, 0.3) is 0 Å². The highest BCUT2D eigenvalue weighted by atomic mass is 32.2. The Labute approximate surface area is 81.2 Å². The van der Waals surface area contributed by atoms with E-state index in [1.807, 2.05) is 13.8 Å². The summed E-state index contributed by atoms with van der Waals surface area (Å²) in [4.78, 5) is 0. The van der Waals surface area contributed by atoms with E-state index in [9.17, 15) is 8.42 Å². The zero-order chi connectivity index (χ0) is 10.3. The molecule has 0 heterocycles.